The number of nitrogens with one attached hydrogen (secondary N) is 2. The van der Waals surface area contributed by atoms with Gasteiger partial charge >= 0.3 is 6.03 Å². The molecule has 6 nitrogen and oxygen atoms in total. The maximum atomic E-state index is 12.5. The molecule has 0 bridgehead atoms. The molecule has 1 heterocycles. The Bertz CT molecular complexity index is 705. The Morgan fingerprint density at radius 3 is 2.25 bits per heavy atom. The molecule has 1 aliphatic heterocycles. The number of carbonyl (C=O) groups is 3. The van der Waals surface area contributed by atoms with Crippen molar-refractivity contribution in [2.45, 2.75) is 32.2 Å². The van der Waals surface area contributed by atoms with Gasteiger partial charge in [0.15, 0.2) is 0 Å². The number of hydrogen-bond acceptors (Lipinski definition) is 3. The van der Waals surface area contributed by atoms with Crippen LogP contribution >= 0.6 is 34.8 Å². The molecule has 24 heavy (non-hydrogen) atoms. The monoisotopic (exact) mass is 391 g/mol. The molecule has 4 amide bonds. The smallest absolute Gasteiger partial charge is 0.323 e. The van der Waals surface area contributed by atoms with E-state index in [0.717, 1.165) is 4.90 Å². The first-order valence-electron chi connectivity index (χ1n) is 7.32. The summed E-state index contributed by atoms with van der Waals surface area (Å²) < 4.78 is 0. The summed E-state index contributed by atoms with van der Waals surface area (Å²) in [7, 11) is 0. The predicted molar refractivity (Wildman–Crippen MR) is 93.7 cm³/mol. The third kappa shape index (κ3) is 3.45. The lowest BCUT2D eigenvalue weighted by atomic mass is 9.93. The largest absolute Gasteiger partial charge is 0.325 e. The van der Waals surface area contributed by atoms with Gasteiger partial charge in [-0.25, -0.2) is 4.79 Å². The molecule has 0 spiro atoms. The molecule has 0 atom stereocenters. The first-order valence-corrected chi connectivity index (χ1v) is 8.46. The van der Waals surface area contributed by atoms with E-state index in [1.807, 2.05) is 0 Å². The second-order valence-corrected chi connectivity index (χ2v) is 6.63. The minimum atomic E-state index is -0.946. The van der Waals surface area contributed by atoms with Crippen LogP contribution < -0.4 is 10.6 Å². The molecule has 2 rings (SSSR count). The fourth-order valence-corrected chi connectivity index (χ4v) is 3.09. The maximum Gasteiger partial charge on any atom is 0.325 e. The quantitative estimate of drug-likeness (QED) is 0.592. The van der Waals surface area contributed by atoms with E-state index in [-0.39, 0.29) is 20.8 Å². The van der Waals surface area contributed by atoms with Gasteiger partial charge in [-0.2, -0.15) is 0 Å². The van der Waals surface area contributed by atoms with Gasteiger partial charge in [-0.3, -0.25) is 14.5 Å². The highest BCUT2D eigenvalue weighted by Crippen LogP contribution is 2.32. The molecule has 130 valence electrons. The summed E-state index contributed by atoms with van der Waals surface area (Å²) >= 11 is 17.7. The van der Waals surface area contributed by atoms with Crippen LogP contribution in [0.3, 0.4) is 0 Å². The number of benzene rings is 1. The molecule has 0 saturated carbocycles. The Hall–Kier alpha value is -1.50. The average molecular weight is 393 g/mol. The Balaban J connectivity index is 2.12. The zero-order chi connectivity index (χ0) is 18.1. The molecule has 1 aliphatic rings. The van der Waals surface area contributed by atoms with Gasteiger partial charge in [0.05, 0.1) is 20.8 Å². The fourth-order valence-electron chi connectivity index (χ4n) is 2.50. The van der Waals surface area contributed by atoms with Gasteiger partial charge in [-0.15, -0.1) is 0 Å². The van der Waals surface area contributed by atoms with E-state index in [9.17, 15) is 14.4 Å². The summed E-state index contributed by atoms with van der Waals surface area (Å²) in [6, 6.07) is 2.21. The van der Waals surface area contributed by atoms with Crippen LogP contribution in [-0.2, 0) is 9.59 Å². The second-order valence-electron chi connectivity index (χ2n) is 5.41. The van der Waals surface area contributed by atoms with Crippen LogP contribution in [0.5, 0.6) is 0 Å². The molecule has 9 heteroatoms. The van der Waals surface area contributed by atoms with Gasteiger partial charge in [0, 0.05) is 0 Å². The Labute approximate surface area is 154 Å². The molecule has 0 aromatic heterocycles. The number of urea groups is 1. The fraction of sp³-hybridized carbons (Fsp3) is 0.400. The molecule has 0 aliphatic carbocycles. The summed E-state index contributed by atoms with van der Waals surface area (Å²) in [6.07, 6.45) is 0.898. The van der Waals surface area contributed by atoms with Crippen molar-refractivity contribution in [2.24, 2.45) is 0 Å². The number of nitrogens with zero attached hydrogens (tertiary/aromatic N) is 1. The van der Waals surface area contributed by atoms with Crippen molar-refractivity contribution >= 4 is 58.3 Å². The summed E-state index contributed by atoms with van der Waals surface area (Å²) in [5, 5.41) is 5.86. The summed E-state index contributed by atoms with van der Waals surface area (Å²) in [4.78, 5) is 37.5. The van der Waals surface area contributed by atoms with Crippen LogP contribution in [0.25, 0.3) is 0 Å². The van der Waals surface area contributed by atoms with Crippen LogP contribution in [0.1, 0.15) is 26.7 Å². The molecule has 1 aromatic carbocycles. The highest BCUT2D eigenvalue weighted by molar-refractivity contribution is 6.44. The van der Waals surface area contributed by atoms with Crippen LogP contribution in [-0.4, -0.2) is 34.8 Å². The highest BCUT2D eigenvalue weighted by Gasteiger charge is 2.49. The minimum Gasteiger partial charge on any atom is -0.323 e. The van der Waals surface area contributed by atoms with Gasteiger partial charge in [0.25, 0.3) is 5.91 Å². The van der Waals surface area contributed by atoms with Crippen molar-refractivity contribution in [3.63, 3.8) is 0 Å². The Morgan fingerprint density at radius 2 is 1.71 bits per heavy atom. The Kier molecular flexibility index (Phi) is 5.63. The standard InChI is InChI=1S/C15H16Cl3N3O3/c1-3-15(4-2)13(23)21(14(24)20-15)7-12(22)19-11-6-9(17)8(16)5-10(11)18/h5-6H,3-4,7H2,1-2H3,(H,19,22)(H,20,24). The zero-order valence-electron chi connectivity index (χ0n) is 13.1. The lowest BCUT2D eigenvalue weighted by molar-refractivity contribution is -0.134. The Morgan fingerprint density at radius 1 is 1.12 bits per heavy atom. The predicted octanol–water partition coefficient (Wildman–Crippen LogP) is 3.70. The maximum absolute atomic E-state index is 12.5. The van der Waals surface area contributed by atoms with E-state index < -0.39 is 29.9 Å². The van der Waals surface area contributed by atoms with Crippen molar-refractivity contribution in [3.05, 3.63) is 27.2 Å². The lowest BCUT2D eigenvalue weighted by Gasteiger charge is -2.23. The van der Waals surface area contributed by atoms with E-state index in [1.165, 1.54) is 12.1 Å². The van der Waals surface area contributed by atoms with Gasteiger partial charge in [-0.05, 0) is 25.0 Å². The normalized spacial score (nSPS) is 16.3. The molecule has 0 unspecified atom stereocenters. The summed E-state index contributed by atoms with van der Waals surface area (Å²) in [5.41, 5.74) is -0.696. The zero-order valence-corrected chi connectivity index (χ0v) is 15.3. The number of hydrogen-bond donors (Lipinski definition) is 2. The molecule has 2 N–H and O–H groups in total. The number of imide groups is 1. The van der Waals surface area contributed by atoms with Gasteiger partial charge < -0.3 is 10.6 Å². The topological polar surface area (TPSA) is 78.5 Å². The second kappa shape index (κ2) is 7.17. The number of amides is 4. The van der Waals surface area contributed by atoms with Crippen LogP contribution in [0, 0.1) is 0 Å². The van der Waals surface area contributed by atoms with Crippen molar-refractivity contribution in [1.29, 1.82) is 0 Å². The lowest BCUT2D eigenvalue weighted by Crippen LogP contribution is -2.46. The van der Waals surface area contributed by atoms with E-state index in [1.54, 1.807) is 13.8 Å². The molecular formula is C15H16Cl3N3O3. The summed E-state index contributed by atoms with van der Waals surface area (Å²) in [5.74, 6) is -0.977. The first kappa shape index (κ1) is 18.8. The van der Waals surface area contributed by atoms with Crippen molar-refractivity contribution in [1.82, 2.24) is 10.2 Å². The van der Waals surface area contributed by atoms with E-state index in [4.69, 9.17) is 34.8 Å². The van der Waals surface area contributed by atoms with Crippen LogP contribution in [0.2, 0.25) is 15.1 Å². The first-order chi connectivity index (χ1) is 11.2. The highest BCUT2D eigenvalue weighted by atomic mass is 35.5. The number of rotatable bonds is 5. The molecular weight excluding hydrogens is 377 g/mol. The molecule has 1 aromatic rings. The van der Waals surface area contributed by atoms with Crippen molar-refractivity contribution in [2.75, 3.05) is 11.9 Å². The molecule has 1 fully saturated rings. The molecule has 0 radical (unpaired) electrons. The summed E-state index contributed by atoms with van der Waals surface area (Å²) in [6.45, 7) is 3.20. The van der Waals surface area contributed by atoms with E-state index in [0.29, 0.717) is 12.8 Å². The SMILES string of the molecule is CCC1(CC)NC(=O)N(CC(=O)Nc2cc(Cl)c(Cl)cc2Cl)C1=O. The van der Waals surface area contributed by atoms with Crippen LogP contribution in [0.15, 0.2) is 12.1 Å². The third-order valence-corrected chi connectivity index (χ3v) is 5.07. The van der Waals surface area contributed by atoms with E-state index in [2.05, 4.69) is 10.6 Å². The third-order valence-electron chi connectivity index (χ3n) is 4.04. The van der Waals surface area contributed by atoms with Crippen molar-refractivity contribution < 1.29 is 14.4 Å². The van der Waals surface area contributed by atoms with E-state index >= 15 is 0 Å². The van der Waals surface area contributed by atoms with Crippen molar-refractivity contribution in [3.8, 4) is 0 Å². The van der Waals surface area contributed by atoms with Gasteiger partial charge in [0.1, 0.15) is 12.1 Å². The van der Waals surface area contributed by atoms with Gasteiger partial charge in [0.2, 0.25) is 5.91 Å². The number of halogens is 3. The number of anilines is 1. The van der Waals surface area contributed by atoms with Gasteiger partial charge in [-0.1, -0.05) is 48.7 Å². The minimum absolute atomic E-state index is 0.200. The van der Waals surface area contributed by atoms with Crippen LogP contribution in [0.4, 0.5) is 10.5 Å². The average Bonchev–Trinajstić information content (AvgIpc) is 2.77. The number of carbonyl (C=O) groups excluding carboxylic acids is 3. The molecule has 1 saturated heterocycles.